The SMILES string of the molecule is CC.CCCCCCC(=O)c1cc(C)cc(OC)c1. The number of Topliss-reactive ketones (excluding diaryl/α,β-unsaturated/α-hetero) is 1. The Kier molecular flexibility index (Phi) is 9.87. The maximum Gasteiger partial charge on any atom is 0.163 e. The smallest absolute Gasteiger partial charge is 0.163 e. The number of rotatable bonds is 7. The predicted molar refractivity (Wildman–Crippen MR) is 82.2 cm³/mol. The average Bonchev–Trinajstić information content (AvgIpc) is 2.44. The zero-order chi connectivity index (χ0) is 14.7. The molecule has 19 heavy (non-hydrogen) atoms. The molecule has 0 aromatic heterocycles. The van der Waals surface area contributed by atoms with Crippen LogP contribution in [0.2, 0.25) is 0 Å². The first-order valence-corrected chi connectivity index (χ1v) is 7.36. The molecular weight excluding hydrogens is 236 g/mol. The van der Waals surface area contributed by atoms with E-state index in [9.17, 15) is 4.79 Å². The molecule has 0 heterocycles. The monoisotopic (exact) mass is 264 g/mol. The second-order valence-corrected chi connectivity index (χ2v) is 4.47. The van der Waals surface area contributed by atoms with Crippen molar-refractivity contribution < 1.29 is 9.53 Å². The summed E-state index contributed by atoms with van der Waals surface area (Å²) in [6, 6.07) is 5.70. The second kappa shape index (κ2) is 10.6. The molecule has 0 saturated carbocycles. The molecule has 0 fully saturated rings. The molecule has 0 atom stereocenters. The molecule has 1 aromatic rings. The van der Waals surface area contributed by atoms with Gasteiger partial charge in [-0.2, -0.15) is 0 Å². The third-order valence-electron chi connectivity index (χ3n) is 2.87. The number of benzene rings is 1. The standard InChI is InChI=1S/C15H22O2.C2H6/c1-4-5-6-7-8-15(16)13-9-12(2)10-14(11-13)17-3;1-2/h9-11H,4-8H2,1-3H3;1-2H3. The molecule has 1 rings (SSSR count). The van der Waals surface area contributed by atoms with Gasteiger partial charge in [0.25, 0.3) is 0 Å². The summed E-state index contributed by atoms with van der Waals surface area (Å²) in [4.78, 5) is 12.0. The van der Waals surface area contributed by atoms with Crippen molar-refractivity contribution in [3.8, 4) is 5.75 Å². The van der Waals surface area contributed by atoms with E-state index in [0.29, 0.717) is 6.42 Å². The lowest BCUT2D eigenvalue weighted by Crippen LogP contribution is -2.00. The van der Waals surface area contributed by atoms with Gasteiger partial charge in [-0.3, -0.25) is 4.79 Å². The van der Waals surface area contributed by atoms with Crippen LogP contribution < -0.4 is 4.74 Å². The summed E-state index contributed by atoms with van der Waals surface area (Å²) in [5.41, 5.74) is 1.85. The highest BCUT2D eigenvalue weighted by molar-refractivity contribution is 5.96. The molecule has 108 valence electrons. The van der Waals surface area contributed by atoms with E-state index in [1.54, 1.807) is 7.11 Å². The summed E-state index contributed by atoms with van der Waals surface area (Å²) in [6.07, 6.45) is 5.19. The normalized spacial score (nSPS) is 9.53. The molecule has 1 aromatic carbocycles. The first-order chi connectivity index (χ1) is 9.17. The summed E-state index contributed by atoms with van der Waals surface area (Å²) in [7, 11) is 1.63. The Balaban J connectivity index is 0.00000154. The number of methoxy groups -OCH3 is 1. The van der Waals surface area contributed by atoms with Gasteiger partial charge in [0.1, 0.15) is 5.75 Å². The van der Waals surface area contributed by atoms with Gasteiger partial charge in [0.15, 0.2) is 5.78 Å². The predicted octanol–water partition coefficient (Wildman–Crippen LogP) is 5.18. The van der Waals surface area contributed by atoms with Gasteiger partial charge < -0.3 is 4.74 Å². The molecule has 0 aliphatic rings. The number of hydrogen-bond acceptors (Lipinski definition) is 2. The van der Waals surface area contributed by atoms with E-state index >= 15 is 0 Å². The van der Waals surface area contributed by atoms with Crippen LogP contribution in [0.5, 0.6) is 5.75 Å². The minimum absolute atomic E-state index is 0.225. The van der Waals surface area contributed by atoms with Gasteiger partial charge in [0.2, 0.25) is 0 Å². The zero-order valence-corrected chi connectivity index (χ0v) is 13.1. The highest BCUT2D eigenvalue weighted by Gasteiger charge is 2.07. The summed E-state index contributed by atoms with van der Waals surface area (Å²) in [5, 5.41) is 0. The average molecular weight is 264 g/mol. The van der Waals surface area contributed by atoms with Crippen LogP contribution in [0.25, 0.3) is 0 Å². The molecular formula is C17H28O2. The third kappa shape index (κ3) is 7.00. The quantitative estimate of drug-likeness (QED) is 0.501. The second-order valence-electron chi connectivity index (χ2n) is 4.47. The van der Waals surface area contributed by atoms with Crippen LogP contribution in [-0.2, 0) is 0 Å². The molecule has 0 aliphatic heterocycles. The fourth-order valence-corrected chi connectivity index (χ4v) is 1.88. The van der Waals surface area contributed by atoms with E-state index in [1.807, 2.05) is 39.0 Å². The largest absolute Gasteiger partial charge is 0.497 e. The summed E-state index contributed by atoms with van der Waals surface area (Å²) < 4.78 is 5.18. The highest BCUT2D eigenvalue weighted by atomic mass is 16.5. The van der Waals surface area contributed by atoms with Crippen molar-refractivity contribution in [2.24, 2.45) is 0 Å². The molecule has 2 nitrogen and oxygen atoms in total. The number of carbonyl (C=O) groups excluding carboxylic acids is 1. The van der Waals surface area contributed by atoms with E-state index in [4.69, 9.17) is 4.74 Å². The van der Waals surface area contributed by atoms with Gasteiger partial charge in [0.05, 0.1) is 7.11 Å². The highest BCUT2D eigenvalue weighted by Crippen LogP contribution is 2.18. The summed E-state index contributed by atoms with van der Waals surface area (Å²) in [5.74, 6) is 0.991. The fourth-order valence-electron chi connectivity index (χ4n) is 1.88. The van der Waals surface area contributed by atoms with Crippen molar-refractivity contribution in [2.75, 3.05) is 7.11 Å². The Morgan fingerprint density at radius 2 is 1.79 bits per heavy atom. The maximum atomic E-state index is 12.0. The van der Waals surface area contributed by atoms with E-state index in [0.717, 1.165) is 29.7 Å². The van der Waals surface area contributed by atoms with E-state index < -0.39 is 0 Å². The van der Waals surface area contributed by atoms with Crippen molar-refractivity contribution >= 4 is 5.78 Å². The van der Waals surface area contributed by atoms with Gasteiger partial charge in [-0.25, -0.2) is 0 Å². The van der Waals surface area contributed by atoms with Crippen molar-refractivity contribution in [1.29, 1.82) is 0 Å². The fraction of sp³-hybridized carbons (Fsp3) is 0.588. The number of ketones is 1. The van der Waals surface area contributed by atoms with Gasteiger partial charge in [0, 0.05) is 12.0 Å². The Bertz CT molecular complexity index is 370. The van der Waals surface area contributed by atoms with Gasteiger partial charge >= 0.3 is 0 Å². The Morgan fingerprint density at radius 3 is 2.37 bits per heavy atom. The number of hydrogen-bond donors (Lipinski definition) is 0. The van der Waals surface area contributed by atoms with Crippen LogP contribution in [0.15, 0.2) is 18.2 Å². The third-order valence-corrected chi connectivity index (χ3v) is 2.87. The van der Waals surface area contributed by atoms with Crippen molar-refractivity contribution in [3.63, 3.8) is 0 Å². The van der Waals surface area contributed by atoms with E-state index in [2.05, 4.69) is 6.92 Å². The van der Waals surface area contributed by atoms with Crippen LogP contribution in [0.4, 0.5) is 0 Å². The molecule has 0 N–H and O–H groups in total. The van der Waals surface area contributed by atoms with E-state index in [-0.39, 0.29) is 5.78 Å². The minimum atomic E-state index is 0.225. The Morgan fingerprint density at radius 1 is 1.11 bits per heavy atom. The van der Waals surface area contributed by atoms with Crippen LogP contribution in [-0.4, -0.2) is 12.9 Å². The minimum Gasteiger partial charge on any atom is -0.497 e. The van der Waals surface area contributed by atoms with Crippen molar-refractivity contribution in [3.05, 3.63) is 29.3 Å². The zero-order valence-electron chi connectivity index (χ0n) is 13.1. The van der Waals surface area contributed by atoms with Crippen LogP contribution in [0, 0.1) is 6.92 Å². The molecule has 0 spiro atoms. The molecule has 0 unspecified atom stereocenters. The van der Waals surface area contributed by atoms with E-state index in [1.165, 1.54) is 12.8 Å². The molecule has 0 radical (unpaired) electrons. The van der Waals surface area contributed by atoms with Crippen LogP contribution in [0.1, 0.15) is 68.8 Å². The number of ether oxygens (including phenoxy) is 1. The van der Waals surface area contributed by atoms with Gasteiger partial charge in [-0.15, -0.1) is 0 Å². The molecule has 2 heteroatoms. The summed E-state index contributed by atoms with van der Waals surface area (Å²) in [6.45, 7) is 8.16. The van der Waals surface area contributed by atoms with Gasteiger partial charge in [-0.1, -0.05) is 40.0 Å². The Hall–Kier alpha value is -1.31. The lowest BCUT2D eigenvalue weighted by atomic mass is 10.0. The number of aryl methyl sites for hydroxylation is 1. The van der Waals surface area contributed by atoms with Crippen LogP contribution >= 0.6 is 0 Å². The van der Waals surface area contributed by atoms with Gasteiger partial charge in [-0.05, 0) is 37.1 Å². The summed E-state index contributed by atoms with van der Waals surface area (Å²) >= 11 is 0. The first kappa shape index (κ1) is 17.7. The lowest BCUT2D eigenvalue weighted by Gasteiger charge is -2.06. The molecule has 0 saturated heterocycles. The van der Waals surface area contributed by atoms with Crippen molar-refractivity contribution in [2.45, 2.75) is 59.8 Å². The molecule has 0 aliphatic carbocycles. The molecule has 0 bridgehead atoms. The Labute approximate surface area is 118 Å². The number of unbranched alkanes of at least 4 members (excludes halogenated alkanes) is 3. The molecule has 0 amide bonds. The first-order valence-electron chi connectivity index (χ1n) is 7.36. The van der Waals surface area contributed by atoms with Crippen LogP contribution in [0.3, 0.4) is 0 Å². The number of carbonyl (C=O) groups is 1. The topological polar surface area (TPSA) is 26.3 Å². The maximum absolute atomic E-state index is 12.0. The lowest BCUT2D eigenvalue weighted by molar-refractivity contribution is 0.0978. The van der Waals surface area contributed by atoms with Crippen molar-refractivity contribution in [1.82, 2.24) is 0 Å².